The smallest absolute Gasteiger partial charge is 0.0690 e. The van der Waals surface area contributed by atoms with Crippen LogP contribution in [0, 0.1) is 0 Å². The molecular formula is C14H26N4. The van der Waals surface area contributed by atoms with Crippen molar-refractivity contribution in [2.75, 3.05) is 19.6 Å². The van der Waals surface area contributed by atoms with E-state index in [1.807, 2.05) is 0 Å². The van der Waals surface area contributed by atoms with E-state index in [0.717, 1.165) is 0 Å². The molecule has 0 aromatic rings. The minimum absolute atomic E-state index is 0.297. The molecule has 4 nitrogen and oxygen atoms in total. The summed E-state index contributed by atoms with van der Waals surface area (Å²) < 4.78 is 0. The van der Waals surface area contributed by atoms with Crippen LogP contribution in [0.25, 0.3) is 0 Å². The van der Waals surface area contributed by atoms with E-state index in [1.54, 1.807) is 0 Å². The summed E-state index contributed by atoms with van der Waals surface area (Å²) in [6.45, 7) is 3.59. The van der Waals surface area contributed by atoms with Crippen LogP contribution < -0.4 is 21.3 Å². The molecule has 0 aromatic carbocycles. The molecule has 0 amide bonds. The lowest BCUT2D eigenvalue weighted by atomic mass is 9.91. The van der Waals surface area contributed by atoms with Crippen LogP contribution in [0.15, 0.2) is 0 Å². The van der Waals surface area contributed by atoms with Crippen molar-refractivity contribution in [2.45, 2.75) is 68.2 Å². The lowest BCUT2D eigenvalue weighted by Crippen LogP contribution is -2.54. The van der Waals surface area contributed by atoms with Gasteiger partial charge in [0.25, 0.3) is 0 Å². The number of hydrogen-bond acceptors (Lipinski definition) is 4. The average molecular weight is 250 g/mol. The maximum atomic E-state index is 3.91. The van der Waals surface area contributed by atoms with Gasteiger partial charge in [-0.25, -0.2) is 0 Å². The quantitative estimate of drug-likeness (QED) is 0.541. The Balaban J connectivity index is 1.40. The third-order valence-electron chi connectivity index (χ3n) is 5.72. The molecule has 4 heterocycles. The van der Waals surface area contributed by atoms with Crippen molar-refractivity contribution in [3.05, 3.63) is 0 Å². The standard InChI is InChI=1S/C14H26N4/c1-4-13(16-7-1)9-12(15-10-13)11-3-6-14(18-11)5-2-8-17-14/h11-12,15-18H,1-10H2. The van der Waals surface area contributed by atoms with Gasteiger partial charge in [0.05, 0.1) is 5.66 Å². The van der Waals surface area contributed by atoms with Crippen molar-refractivity contribution in [3.63, 3.8) is 0 Å². The molecule has 4 aliphatic heterocycles. The molecule has 4 N–H and O–H groups in total. The number of rotatable bonds is 1. The highest BCUT2D eigenvalue weighted by Crippen LogP contribution is 2.35. The molecule has 0 saturated carbocycles. The number of hydrogen-bond donors (Lipinski definition) is 4. The normalized spacial score (nSPS) is 52.0. The van der Waals surface area contributed by atoms with Gasteiger partial charge < -0.3 is 10.6 Å². The Morgan fingerprint density at radius 3 is 2.56 bits per heavy atom. The third-order valence-corrected chi connectivity index (χ3v) is 5.72. The summed E-state index contributed by atoms with van der Waals surface area (Å²) in [5.41, 5.74) is 0.733. The van der Waals surface area contributed by atoms with Crippen LogP contribution in [0.1, 0.15) is 44.9 Å². The van der Waals surface area contributed by atoms with E-state index in [2.05, 4.69) is 21.3 Å². The highest BCUT2D eigenvalue weighted by molar-refractivity contribution is 5.10. The summed E-state index contributed by atoms with van der Waals surface area (Å²) in [7, 11) is 0. The molecule has 102 valence electrons. The summed E-state index contributed by atoms with van der Waals surface area (Å²) in [4.78, 5) is 0. The van der Waals surface area contributed by atoms with E-state index < -0.39 is 0 Å². The first-order chi connectivity index (χ1) is 8.79. The molecular weight excluding hydrogens is 224 g/mol. The summed E-state index contributed by atoms with van der Waals surface area (Å²) in [6, 6.07) is 1.36. The first-order valence-corrected chi connectivity index (χ1v) is 7.81. The Morgan fingerprint density at radius 1 is 0.889 bits per heavy atom. The van der Waals surface area contributed by atoms with Crippen molar-refractivity contribution < 1.29 is 0 Å². The maximum Gasteiger partial charge on any atom is 0.0690 e. The zero-order valence-electron chi connectivity index (χ0n) is 11.2. The Labute approximate surface area is 110 Å². The van der Waals surface area contributed by atoms with Gasteiger partial charge in [0.1, 0.15) is 0 Å². The molecule has 4 atom stereocenters. The molecule has 4 heteroatoms. The lowest BCUT2D eigenvalue weighted by Gasteiger charge is -2.28. The second-order valence-corrected chi connectivity index (χ2v) is 6.90. The van der Waals surface area contributed by atoms with Gasteiger partial charge in [-0.1, -0.05) is 0 Å². The van der Waals surface area contributed by atoms with Crippen LogP contribution in [-0.2, 0) is 0 Å². The predicted octanol–water partition coefficient (Wildman–Crippen LogP) is 0.302. The van der Waals surface area contributed by atoms with Gasteiger partial charge in [0.2, 0.25) is 0 Å². The summed E-state index contributed by atoms with van der Waals surface area (Å²) in [6.07, 6.45) is 9.35. The van der Waals surface area contributed by atoms with Crippen molar-refractivity contribution in [1.29, 1.82) is 0 Å². The van der Waals surface area contributed by atoms with Crippen LogP contribution in [0.5, 0.6) is 0 Å². The highest BCUT2D eigenvalue weighted by Gasteiger charge is 2.48. The Kier molecular flexibility index (Phi) is 2.70. The van der Waals surface area contributed by atoms with Gasteiger partial charge in [-0.05, 0) is 58.0 Å². The van der Waals surface area contributed by atoms with Crippen LogP contribution in [0.2, 0.25) is 0 Å². The summed E-state index contributed by atoms with van der Waals surface area (Å²) in [5, 5.41) is 15.1. The van der Waals surface area contributed by atoms with Crippen LogP contribution >= 0.6 is 0 Å². The van der Waals surface area contributed by atoms with Gasteiger partial charge in [-0.15, -0.1) is 0 Å². The monoisotopic (exact) mass is 250 g/mol. The van der Waals surface area contributed by atoms with Crippen molar-refractivity contribution >= 4 is 0 Å². The molecule has 0 aromatic heterocycles. The van der Waals surface area contributed by atoms with E-state index in [-0.39, 0.29) is 0 Å². The lowest BCUT2D eigenvalue weighted by molar-refractivity contribution is 0.304. The fraction of sp³-hybridized carbons (Fsp3) is 1.00. The van der Waals surface area contributed by atoms with E-state index in [4.69, 9.17) is 0 Å². The van der Waals surface area contributed by atoms with E-state index >= 15 is 0 Å². The van der Waals surface area contributed by atoms with Crippen molar-refractivity contribution in [3.8, 4) is 0 Å². The van der Waals surface area contributed by atoms with Gasteiger partial charge in [-0.3, -0.25) is 10.6 Å². The molecule has 18 heavy (non-hydrogen) atoms. The fourth-order valence-electron chi connectivity index (χ4n) is 4.72. The van der Waals surface area contributed by atoms with Crippen LogP contribution in [-0.4, -0.2) is 42.9 Å². The molecule has 0 aliphatic carbocycles. The average Bonchev–Trinajstić information content (AvgIpc) is 3.12. The summed E-state index contributed by atoms with van der Waals surface area (Å²) in [5.74, 6) is 0. The van der Waals surface area contributed by atoms with Crippen LogP contribution in [0.4, 0.5) is 0 Å². The summed E-state index contributed by atoms with van der Waals surface area (Å²) >= 11 is 0. The van der Waals surface area contributed by atoms with Crippen molar-refractivity contribution in [1.82, 2.24) is 21.3 Å². The zero-order valence-corrected chi connectivity index (χ0v) is 11.2. The minimum atomic E-state index is 0.297. The molecule has 4 saturated heterocycles. The first kappa shape index (κ1) is 11.6. The Morgan fingerprint density at radius 2 is 1.78 bits per heavy atom. The topological polar surface area (TPSA) is 48.1 Å². The van der Waals surface area contributed by atoms with E-state index in [0.29, 0.717) is 23.3 Å². The van der Waals surface area contributed by atoms with E-state index in [1.165, 1.54) is 64.6 Å². The second kappa shape index (κ2) is 4.17. The van der Waals surface area contributed by atoms with E-state index in [9.17, 15) is 0 Å². The Bertz CT molecular complexity index is 286. The molecule has 4 rings (SSSR count). The minimum Gasteiger partial charge on any atom is -0.311 e. The van der Waals surface area contributed by atoms with Gasteiger partial charge >= 0.3 is 0 Å². The van der Waals surface area contributed by atoms with Crippen molar-refractivity contribution in [2.24, 2.45) is 0 Å². The van der Waals surface area contributed by atoms with Crippen LogP contribution in [0.3, 0.4) is 0 Å². The molecule has 4 aliphatic rings. The zero-order chi connectivity index (χ0) is 12.1. The largest absolute Gasteiger partial charge is 0.311 e. The first-order valence-electron chi connectivity index (χ1n) is 7.81. The highest BCUT2D eigenvalue weighted by atomic mass is 15.3. The molecule has 2 spiro atoms. The molecule has 4 unspecified atom stereocenters. The number of nitrogens with one attached hydrogen (secondary N) is 4. The second-order valence-electron chi connectivity index (χ2n) is 6.90. The molecule has 0 radical (unpaired) electrons. The third kappa shape index (κ3) is 1.82. The van der Waals surface area contributed by atoms with Gasteiger partial charge in [0.15, 0.2) is 0 Å². The Hall–Kier alpha value is -0.160. The van der Waals surface area contributed by atoms with Gasteiger partial charge in [-0.2, -0.15) is 0 Å². The molecule has 0 bridgehead atoms. The SMILES string of the molecule is C1CNC2(C1)CNC(C1CCC3(CCCN3)N1)C2. The maximum absolute atomic E-state index is 3.91. The molecule has 4 fully saturated rings. The van der Waals surface area contributed by atoms with Gasteiger partial charge in [0, 0.05) is 24.2 Å². The fourth-order valence-corrected chi connectivity index (χ4v) is 4.72. The predicted molar refractivity (Wildman–Crippen MR) is 72.5 cm³/mol.